The van der Waals surface area contributed by atoms with Crippen molar-refractivity contribution in [3.05, 3.63) is 0 Å². The SMILES string of the molecule is CCC(CC)(CBr)NC(=O)CCC1CCCC1. The molecule has 2 nitrogen and oxygen atoms in total. The highest BCUT2D eigenvalue weighted by atomic mass is 79.9. The third-order valence-corrected chi connectivity index (χ3v) is 5.34. The highest BCUT2D eigenvalue weighted by Gasteiger charge is 2.27. The van der Waals surface area contributed by atoms with Crippen molar-refractivity contribution in [1.82, 2.24) is 5.32 Å². The highest BCUT2D eigenvalue weighted by molar-refractivity contribution is 9.09. The number of carbonyl (C=O) groups excluding carboxylic acids is 1. The predicted molar refractivity (Wildman–Crippen MR) is 76.4 cm³/mol. The van der Waals surface area contributed by atoms with Gasteiger partial charge in [0.05, 0.1) is 0 Å². The molecule has 0 aromatic carbocycles. The molecule has 0 spiro atoms. The summed E-state index contributed by atoms with van der Waals surface area (Å²) in [5, 5.41) is 4.07. The van der Waals surface area contributed by atoms with Crippen LogP contribution in [0.2, 0.25) is 0 Å². The van der Waals surface area contributed by atoms with Crippen LogP contribution in [0.4, 0.5) is 0 Å². The van der Waals surface area contributed by atoms with Gasteiger partial charge in [-0.2, -0.15) is 0 Å². The lowest BCUT2D eigenvalue weighted by Gasteiger charge is -2.31. The van der Waals surface area contributed by atoms with Gasteiger partial charge < -0.3 is 5.32 Å². The van der Waals surface area contributed by atoms with Gasteiger partial charge in [-0.25, -0.2) is 0 Å². The molecule has 1 N–H and O–H groups in total. The van der Waals surface area contributed by atoms with E-state index in [2.05, 4.69) is 35.1 Å². The summed E-state index contributed by atoms with van der Waals surface area (Å²) in [5.41, 5.74) is -0.0350. The number of hydrogen-bond donors (Lipinski definition) is 1. The summed E-state index contributed by atoms with van der Waals surface area (Å²) in [7, 11) is 0. The number of alkyl halides is 1. The zero-order chi connectivity index (χ0) is 12.7. The average Bonchev–Trinajstić information content (AvgIpc) is 2.87. The first-order chi connectivity index (χ1) is 8.15. The van der Waals surface area contributed by atoms with Crippen molar-refractivity contribution in [3.8, 4) is 0 Å². The van der Waals surface area contributed by atoms with Gasteiger partial charge in [0, 0.05) is 17.3 Å². The van der Waals surface area contributed by atoms with Crippen LogP contribution in [0.15, 0.2) is 0 Å². The monoisotopic (exact) mass is 303 g/mol. The van der Waals surface area contributed by atoms with Crippen molar-refractivity contribution in [3.63, 3.8) is 0 Å². The molecular weight excluding hydrogens is 278 g/mol. The molecule has 0 aliphatic heterocycles. The molecule has 1 saturated carbocycles. The van der Waals surface area contributed by atoms with E-state index < -0.39 is 0 Å². The maximum Gasteiger partial charge on any atom is 0.220 e. The Morgan fingerprint density at radius 1 is 1.29 bits per heavy atom. The van der Waals surface area contributed by atoms with Crippen LogP contribution in [-0.2, 0) is 4.79 Å². The maximum absolute atomic E-state index is 12.0. The topological polar surface area (TPSA) is 29.1 Å². The van der Waals surface area contributed by atoms with Gasteiger partial charge in [-0.3, -0.25) is 4.79 Å². The molecule has 3 heteroatoms. The molecule has 1 rings (SSSR count). The van der Waals surface area contributed by atoms with E-state index in [9.17, 15) is 4.79 Å². The van der Waals surface area contributed by atoms with E-state index in [0.717, 1.165) is 30.5 Å². The molecule has 1 aliphatic carbocycles. The second-order valence-electron chi connectivity index (χ2n) is 5.36. The molecule has 0 heterocycles. The summed E-state index contributed by atoms with van der Waals surface area (Å²) < 4.78 is 0. The highest BCUT2D eigenvalue weighted by Crippen LogP contribution is 2.28. The summed E-state index contributed by atoms with van der Waals surface area (Å²) in [6.45, 7) is 4.28. The first kappa shape index (κ1) is 15.0. The lowest BCUT2D eigenvalue weighted by atomic mass is 9.94. The second kappa shape index (κ2) is 7.40. The van der Waals surface area contributed by atoms with E-state index in [1.807, 2.05) is 0 Å². The fourth-order valence-electron chi connectivity index (χ4n) is 2.64. The molecule has 1 aliphatic rings. The zero-order valence-corrected chi connectivity index (χ0v) is 12.8. The number of amides is 1. The number of hydrogen-bond acceptors (Lipinski definition) is 1. The van der Waals surface area contributed by atoms with Crippen LogP contribution in [0.5, 0.6) is 0 Å². The largest absolute Gasteiger partial charge is 0.350 e. The van der Waals surface area contributed by atoms with Crippen molar-refractivity contribution in [2.45, 2.75) is 70.8 Å². The third kappa shape index (κ3) is 4.61. The molecule has 0 unspecified atom stereocenters. The van der Waals surface area contributed by atoms with Gasteiger partial charge in [0.2, 0.25) is 5.91 Å². The summed E-state index contributed by atoms with van der Waals surface area (Å²) in [5.74, 6) is 1.04. The van der Waals surface area contributed by atoms with Crippen LogP contribution < -0.4 is 5.32 Å². The van der Waals surface area contributed by atoms with Crippen LogP contribution >= 0.6 is 15.9 Å². The van der Waals surface area contributed by atoms with E-state index >= 15 is 0 Å². The molecule has 0 aromatic rings. The molecule has 17 heavy (non-hydrogen) atoms. The quantitative estimate of drug-likeness (QED) is 0.707. The smallest absolute Gasteiger partial charge is 0.220 e. The maximum atomic E-state index is 12.0. The predicted octanol–water partition coefficient (Wildman–Crippen LogP) is 4.03. The Kier molecular flexibility index (Phi) is 6.53. The number of rotatable bonds is 7. The van der Waals surface area contributed by atoms with Crippen LogP contribution in [-0.4, -0.2) is 16.8 Å². The Hall–Kier alpha value is -0.0500. The van der Waals surface area contributed by atoms with E-state index in [1.165, 1.54) is 25.7 Å². The molecule has 0 saturated heterocycles. The average molecular weight is 304 g/mol. The first-order valence-electron chi connectivity index (χ1n) is 7.02. The number of carbonyl (C=O) groups is 1. The van der Waals surface area contributed by atoms with E-state index in [-0.39, 0.29) is 11.4 Å². The van der Waals surface area contributed by atoms with Crippen molar-refractivity contribution >= 4 is 21.8 Å². The molecule has 0 atom stereocenters. The van der Waals surface area contributed by atoms with Gasteiger partial charge in [0.1, 0.15) is 0 Å². The molecule has 0 aromatic heterocycles. The lowest BCUT2D eigenvalue weighted by molar-refractivity contribution is -0.123. The van der Waals surface area contributed by atoms with Crippen LogP contribution in [0, 0.1) is 5.92 Å². The van der Waals surface area contributed by atoms with Gasteiger partial charge in [0.25, 0.3) is 0 Å². The Bertz CT molecular complexity index is 224. The second-order valence-corrected chi connectivity index (χ2v) is 5.92. The van der Waals surface area contributed by atoms with E-state index in [1.54, 1.807) is 0 Å². The van der Waals surface area contributed by atoms with E-state index in [0.29, 0.717) is 6.42 Å². The first-order valence-corrected chi connectivity index (χ1v) is 8.15. The van der Waals surface area contributed by atoms with Crippen molar-refractivity contribution in [1.29, 1.82) is 0 Å². The van der Waals surface area contributed by atoms with Gasteiger partial charge in [0.15, 0.2) is 0 Å². The van der Waals surface area contributed by atoms with Gasteiger partial charge in [-0.15, -0.1) is 0 Å². The summed E-state index contributed by atoms with van der Waals surface area (Å²) in [6, 6.07) is 0. The van der Waals surface area contributed by atoms with Crippen LogP contribution in [0.25, 0.3) is 0 Å². The van der Waals surface area contributed by atoms with Crippen LogP contribution in [0.1, 0.15) is 65.2 Å². The van der Waals surface area contributed by atoms with E-state index in [4.69, 9.17) is 0 Å². The number of halogens is 1. The molecule has 100 valence electrons. The summed E-state index contributed by atoms with van der Waals surface area (Å²) in [6.07, 6.45) is 9.16. The van der Waals surface area contributed by atoms with Crippen molar-refractivity contribution in [2.75, 3.05) is 5.33 Å². The van der Waals surface area contributed by atoms with Gasteiger partial charge in [-0.1, -0.05) is 55.5 Å². The number of nitrogens with one attached hydrogen (secondary N) is 1. The minimum atomic E-state index is -0.0350. The molecule has 0 radical (unpaired) electrons. The molecular formula is C14H26BrNO. The van der Waals surface area contributed by atoms with Gasteiger partial charge >= 0.3 is 0 Å². The molecule has 1 fully saturated rings. The third-order valence-electron chi connectivity index (χ3n) is 4.27. The Balaban J connectivity index is 2.31. The molecule has 0 bridgehead atoms. The minimum absolute atomic E-state index is 0.0350. The van der Waals surface area contributed by atoms with Crippen molar-refractivity contribution < 1.29 is 4.79 Å². The molecule has 1 amide bonds. The Morgan fingerprint density at radius 3 is 2.35 bits per heavy atom. The Morgan fingerprint density at radius 2 is 1.88 bits per heavy atom. The van der Waals surface area contributed by atoms with Gasteiger partial charge in [-0.05, 0) is 25.2 Å². The summed E-state index contributed by atoms with van der Waals surface area (Å²) >= 11 is 3.52. The Labute approximate surface area is 114 Å². The minimum Gasteiger partial charge on any atom is -0.350 e. The fraction of sp³-hybridized carbons (Fsp3) is 0.929. The van der Waals surface area contributed by atoms with Crippen LogP contribution in [0.3, 0.4) is 0 Å². The zero-order valence-electron chi connectivity index (χ0n) is 11.2. The standard InChI is InChI=1S/C14H26BrNO/c1-3-14(4-2,11-15)16-13(17)10-9-12-7-5-6-8-12/h12H,3-11H2,1-2H3,(H,16,17). The lowest BCUT2D eigenvalue weighted by Crippen LogP contribution is -2.49. The summed E-state index contributed by atoms with van der Waals surface area (Å²) in [4.78, 5) is 12.0. The fourth-order valence-corrected chi connectivity index (χ4v) is 3.57. The van der Waals surface area contributed by atoms with Crippen molar-refractivity contribution in [2.24, 2.45) is 5.92 Å². The normalized spacial score (nSPS) is 17.4.